The molecule has 0 radical (unpaired) electrons. The van der Waals surface area contributed by atoms with Gasteiger partial charge in [0.2, 0.25) is 17.6 Å². The molecule has 0 aromatic heterocycles. The molecular formula is C35H57N5O7S3. The van der Waals surface area contributed by atoms with Crippen molar-refractivity contribution >= 4 is 62.9 Å². The molecule has 0 aromatic rings. The Morgan fingerprint density at radius 1 is 0.880 bits per heavy atom. The monoisotopic (exact) mass is 755 g/mol. The third-order valence-corrected chi connectivity index (χ3v) is 17.4. The summed E-state index contributed by atoms with van der Waals surface area (Å²) in [6, 6.07) is -2.37. The summed E-state index contributed by atoms with van der Waals surface area (Å²) in [4.78, 5) is 69.2. The van der Waals surface area contributed by atoms with Gasteiger partial charge in [0.05, 0.1) is 26.7 Å². The summed E-state index contributed by atoms with van der Waals surface area (Å²) in [5, 5.41) is 11.4. The van der Waals surface area contributed by atoms with E-state index in [2.05, 4.69) is 21.3 Å². The maximum absolute atomic E-state index is 14.9. The summed E-state index contributed by atoms with van der Waals surface area (Å²) in [6.07, 6.45) is 11.0. The highest BCUT2D eigenvalue weighted by Crippen LogP contribution is 2.51. The van der Waals surface area contributed by atoms with Crippen LogP contribution in [-0.4, -0.2) is 106 Å². The first-order valence-corrected chi connectivity index (χ1v) is 22.1. The highest BCUT2D eigenvalue weighted by Gasteiger charge is 2.54. The highest BCUT2D eigenvalue weighted by molar-refractivity contribution is 8.18. The number of nitrogens with one attached hydrogen (secondary N) is 4. The van der Waals surface area contributed by atoms with E-state index in [1.807, 2.05) is 6.92 Å². The summed E-state index contributed by atoms with van der Waals surface area (Å²) >= 11 is 3.50. The van der Waals surface area contributed by atoms with E-state index in [-0.39, 0.29) is 17.7 Å². The largest absolute Gasteiger partial charge is 0.347 e. The molecule has 2 aliphatic heterocycles. The number of carbonyl (C=O) groups excluding carboxylic acids is 5. The molecule has 3 saturated carbocycles. The van der Waals surface area contributed by atoms with Crippen LogP contribution in [0.2, 0.25) is 0 Å². The standard InChI is InChI=1S/C35H57N5O7S3/c1-32(2,3)50(46,47)23-34(16-9-6-10-17-34)39-31(45)38-27(33(4)14-7-5-8-15-33)30(44)40-22-35(48-18-11-19-49-35)20-25(40)28(42)36-21-26(41)29(43)37-24-12-13-24/h24-25,27H,5-23H2,1-4H3,(H,36,42)(H,37,43)(H2,38,39,45)/t25-,27+/m0/s1. The Bertz CT molecular complexity index is 1410. The Labute approximate surface area is 306 Å². The smallest absolute Gasteiger partial charge is 0.315 e. The minimum atomic E-state index is -3.56. The Morgan fingerprint density at radius 2 is 1.48 bits per heavy atom. The minimum Gasteiger partial charge on any atom is -0.347 e. The topological polar surface area (TPSA) is 171 Å². The van der Waals surface area contributed by atoms with E-state index in [9.17, 15) is 32.4 Å². The molecule has 0 unspecified atom stereocenters. The number of rotatable bonds is 11. The van der Waals surface area contributed by atoms with Gasteiger partial charge in [-0.3, -0.25) is 19.2 Å². The van der Waals surface area contributed by atoms with Gasteiger partial charge in [0.25, 0.3) is 5.91 Å². The zero-order chi connectivity index (χ0) is 36.4. The van der Waals surface area contributed by atoms with Crippen molar-refractivity contribution in [3.05, 3.63) is 0 Å². The zero-order valence-electron chi connectivity index (χ0n) is 30.2. The molecule has 2 atom stereocenters. The maximum atomic E-state index is 14.9. The number of Topliss-reactive ketones (excluding diaryl/α,β-unsaturated/α-hetero) is 1. The number of carbonyl (C=O) groups is 5. The summed E-state index contributed by atoms with van der Waals surface area (Å²) < 4.78 is 25.5. The predicted molar refractivity (Wildman–Crippen MR) is 198 cm³/mol. The average molecular weight is 756 g/mol. The van der Waals surface area contributed by atoms with E-state index in [4.69, 9.17) is 0 Å². The number of ketones is 1. The molecule has 2 saturated heterocycles. The highest BCUT2D eigenvalue weighted by atomic mass is 32.2. The quantitative estimate of drug-likeness (QED) is 0.230. The van der Waals surface area contributed by atoms with Gasteiger partial charge in [-0.05, 0) is 82.6 Å². The number of nitrogens with zero attached hydrogens (tertiary/aromatic N) is 1. The molecule has 282 valence electrons. The fourth-order valence-electron chi connectivity index (χ4n) is 7.86. The first-order valence-electron chi connectivity index (χ1n) is 18.5. The Morgan fingerprint density at radius 3 is 2.06 bits per heavy atom. The summed E-state index contributed by atoms with van der Waals surface area (Å²) in [7, 11) is -3.56. The predicted octanol–water partition coefficient (Wildman–Crippen LogP) is 3.67. The molecule has 4 N–H and O–H groups in total. The molecule has 50 heavy (non-hydrogen) atoms. The number of hydrogen-bond acceptors (Lipinski definition) is 9. The molecular weight excluding hydrogens is 699 g/mol. The van der Waals surface area contributed by atoms with Crippen LogP contribution < -0.4 is 21.3 Å². The van der Waals surface area contributed by atoms with Crippen LogP contribution in [0.4, 0.5) is 4.79 Å². The lowest BCUT2D eigenvalue weighted by Crippen LogP contribution is -2.64. The van der Waals surface area contributed by atoms with Crippen LogP contribution in [0.25, 0.3) is 0 Å². The van der Waals surface area contributed by atoms with Gasteiger partial charge in [0.1, 0.15) is 12.1 Å². The van der Waals surface area contributed by atoms with Gasteiger partial charge in [0, 0.05) is 19.0 Å². The molecule has 3 aliphatic carbocycles. The lowest BCUT2D eigenvalue weighted by Gasteiger charge is -2.44. The molecule has 5 aliphatic rings. The second kappa shape index (κ2) is 15.5. The summed E-state index contributed by atoms with van der Waals surface area (Å²) in [5.41, 5.74) is -1.52. The van der Waals surface area contributed by atoms with E-state index in [0.29, 0.717) is 25.8 Å². The van der Waals surface area contributed by atoms with Crippen molar-refractivity contribution in [2.75, 3.05) is 30.3 Å². The summed E-state index contributed by atoms with van der Waals surface area (Å²) in [6.45, 7) is 6.92. The van der Waals surface area contributed by atoms with E-state index in [0.717, 1.165) is 82.1 Å². The van der Waals surface area contributed by atoms with Crippen molar-refractivity contribution in [3.8, 4) is 0 Å². The maximum Gasteiger partial charge on any atom is 0.315 e. The van der Waals surface area contributed by atoms with Crippen molar-refractivity contribution in [3.63, 3.8) is 0 Å². The first kappa shape index (κ1) is 39.2. The molecule has 0 bridgehead atoms. The second-order valence-electron chi connectivity index (χ2n) is 16.5. The van der Waals surface area contributed by atoms with Gasteiger partial charge < -0.3 is 26.2 Å². The molecule has 5 fully saturated rings. The molecule has 15 heteroatoms. The van der Waals surface area contributed by atoms with Crippen molar-refractivity contribution in [1.82, 2.24) is 26.2 Å². The van der Waals surface area contributed by atoms with Crippen LogP contribution in [0.1, 0.15) is 118 Å². The first-order chi connectivity index (χ1) is 23.5. The zero-order valence-corrected chi connectivity index (χ0v) is 32.6. The van der Waals surface area contributed by atoms with Crippen molar-refractivity contribution in [2.45, 2.75) is 150 Å². The minimum absolute atomic E-state index is 0.0176. The van der Waals surface area contributed by atoms with Crippen LogP contribution in [-0.2, 0) is 29.0 Å². The van der Waals surface area contributed by atoms with Crippen LogP contribution in [0, 0.1) is 5.41 Å². The number of thioether (sulfide) groups is 2. The fraction of sp³-hybridized carbons (Fsp3) is 0.857. The molecule has 5 amide bonds. The van der Waals surface area contributed by atoms with Crippen molar-refractivity contribution in [1.29, 1.82) is 0 Å². The van der Waals surface area contributed by atoms with Crippen molar-refractivity contribution in [2.24, 2.45) is 5.41 Å². The number of amides is 5. The molecule has 5 rings (SSSR count). The average Bonchev–Trinajstić information content (AvgIpc) is 3.80. The van der Waals surface area contributed by atoms with E-state index in [1.165, 1.54) is 0 Å². The Kier molecular flexibility index (Phi) is 12.2. The van der Waals surface area contributed by atoms with Crippen LogP contribution in [0.5, 0.6) is 0 Å². The van der Waals surface area contributed by atoms with E-state index >= 15 is 0 Å². The molecule has 12 nitrogen and oxygen atoms in total. The number of urea groups is 1. The lowest BCUT2D eigenvalue weighted by molar-refractivity contribution is -0.143. The fourth-order valence-corrected chi connectivity index (χ4v) is 12.7. The van der Waals surface area contributed by atoms with Crippen LogP contribution >= 0.6 is 23.5 Å². The van der Waals surface area contributed by atoms with E-state index < -0.39 is 71.9 Å². The summed E-state index contributed by atoms with van der Waals surface area (Å²) in [5.74, 6) is -0.627. The van der Waals surface area contributed by atoms with Gasteiger partial charge >= 0.3 is 6.03 Å². The second-order valence-corrected chi connectivity index (χ2v) is 22.5. The number of likely N-dealkylation sites (tertiary alicyclic amines) is 1. The third-order valence-electron chi connectivity index (χ3n) is 11.3. The number of hydrogen-bond donors (Lipinski definition) is 4. The molecule has 2 heterocycles. The Hall–Kier alpha value is -2.00. The SMILES string of the molecule is CC1([C@H](NC(=O)NC2(CS(=O)(=O)C(C)(C)C)CCCCC2)C(=O)N2CC3(C[C@H]2C(=O)NCC(=O)C(=O)NC2CC2)SCCCS3)CCCCC1. The third kappa shape index (κ3) is 9.31. The molecule has 1 spiro atoms. The molecule has 0 aromatic carbocycles. The van der Waals surface area contributed by atoms with Gasteiger partial charge in [-0.15, -0.1) is 23.5 Å². The normalized spacial score (nSPS) is 25.3. The van der Waals surface area contributed by atoms with Crippen molar-refractivity contribution < 1.29 is 32.4 Å². The van der Waals surface area contributed by atoms with Gasteiger partial charge in [-0.25, -0.2) is 13.2 Å². The van der Waals surface area contributed by atoms with Crippen LogP contribution in [0.3, 0.4) is 0 Å². The lowest BCUT2D eigenvalue weighted by atomic mass is 9.70. The van der Waals surface area contributed by atoms with Gasteiger partial charge in [-0.2, -0.15) is 0 Å². The number of sulfone groups is 1. The van der Waals surface area contributed by atoms with E-state index in [1.54, 1.807) is 49.2 Å². The van der Waals surface area contributed by atoms with Crippen LogP contribution in [0.15, 0.2) is 0 Å². The Balaban J connectivity index is 1.38. The van der Waals surface area contributed by atoms with Gasteiger partial charge in [-0.1, -0.05) is 45.4 Å². The van der Waals surface area contributed by atoms with Gasteiger partial charge in [0.15, 0.2) is 9.84 Å².